The molecule has 7 heteroatoms. The Kier molecular flexibility index (Phi) is 5.02. The first kappa shape index (κ1) is 13.4. The second-order valence-corrected chi connectivity index (χ2v) is 10.1. The molecule has 0 aromatic heterocycles. The number of carbonyl (C=O) groups excluding carboxylic acids is 1. The molecule has 0 spiro atoms. The van der Waals surface area contributed by atoms with Crippen LogP contribution in [0.5, 0.6) is 0 Å². The summed E-state index contributed by atoms with van der Waals surface area (Å²) in [6.45, 7) is 1.64. The van der Waals surface area contributed by atoms with Crippen molar-refractivity contribution < 1.29 is 18.8 Å². The van der Waals surface area contributed by atoms with Gasteiger partial charge in [-0.2, -0.15) is 0 Å². The highest BCUT2D eigenvalue weighted by Crippen LogP contribution is 2.50. The van der Waals surface area contributed by atoms with Crippen molar-refractivity contribution in [3.05, 3.63) is 0 Å². The molecule has 1 fully saturated rings. The third-order valence-corrected chi connectivity index (χ3v) is 4.88. The Morgan fingerprint density at radius 2 is 2.27 bits per heavy atom. The lowest BCUT2D eigenvalue weighted by Gasteiger charge is -2.17. The molecule has 1 rings (SSSR count). The molecule has 1 aliphatic carbocycles. The summed E-state index contributed by atoms with van der Waals surface area (Å²) in [6.07, 6.45) is 2.07. The Bertz CT molecular complexity index is 282. The minimum atomic E-state index is -2.63. The van der Waals surface area contributed by atoms with Crippen LogP contribution in [0.3, 0.4) is 0 Å². The van der Waals surface area contributed by atoms with Crippen molar-refractivity contribution in [3.8, 4) is 0 Å². The van der Waals surface area contributed by atoms with E-state index in [4.69, 9.17) is 9.47 Å². The smallest absolute Gasteiger partial charge is 0.323 e. The number of carbonyl (C=O) groups is 1. The van der Waals surface area contributed by atoms with Crippen molar-refractivity contribution in [1.29, 1.82) is 0 Å². The number of hydrogen-bond acceptors (Lipinski definition) is 4. The third kappa shape index (κ3) is 5.29. The van der Waals surface area contributed by atoms with Crippen molar-refractivity contribution in [3.63, 3.8) is 0 Å². The minimum Gasteiger partial charge on any atom is -0.461 e. The van der Waals surface area contributed by atoms with Gasteiger partial charge in [-0.25, -0.2) is 5.09 Å². The van der Waals surface area contributed by atoms with E-state index in [1.54, 1.807) is 29.0 Å². The van der Waals surface area contributed by atoms with Gasteiger partial charge in [-0.3, -0.25) is 9.36 Å². The van der Waals surface area contributed by atoms with E-state index in [2.05, 4.69) is 5.09 Å². The fraction of sp³-hybridized carbons (Fsp3) is 0.875. The van der Waals surface area contributed by atoms with E-state index >= 15 is 0 Å². The molecule has 2 atom stereocenters. The lowest BCUT2D eigenvalue weighted by Crippen LogP contribution is -2.33. The molecule has 5 nitrogen and oxygen atoms in total. The fourth-order valence-electron chi connectivity index (χ4n) is 0.997. The van der Waals surface area contributed by atoms with Gasteiger partial charge in [-0.15, -0.1) is 0 Å². The molecule has 0 aliphatic heterocycles. The second-order valence-electron chi connectivity index (χ2n) is 3.56. The van der Waals surface area contributed by atoms with Crippen LogP contribution in [0.1, 0.15) is 19.8 Å². The van der Waals surface area contributed by atoms with E-state index in [0.29, 0.717) is 0 Å². The average molecular weight is 347 g/mol. The summed E-state index contributed by atoms with van der Waals surface area (Å²) in [6, 6.07) is -0.552. The molecule has 2 unspecified atom stereocenters. The summed E-state index contributed by atoms with van der Waals surface area (Å²) >= 11 is 1.79. The van der Waals surface area contributed by atoms with Gasteiger partial charge in [0.25, 0.3) is 0 Å². The van der Waals surface area contributed by atoms with Gasteiger partial charge in [0.05, 0.1) is 0 Å². The van der Waals surface area contributed by atoms with Gasteiger partial charge in [0, 0.05) is 29.2 Å². The monoisotopic (exact) mass is 347 g/mol. The molecule has 0 radical (unpaired) electrons. The number of halogens is 1. The van der Waals surface area contributed by atoms with Gasteiger partial charge >= 0.3 is 5.97 Å². The third-order valence-electron chi connectivity index (χ3n) is 1.84. The molecule has 1 aliphatic rings. The number of nitrogens with one attached hydrogen (secondary N) is 1. The van der Waals surface area contributed by atoms with Crippen LogP contribution in [0.4, 0.5) is 0 Å². The average Bonchev–Trinajstić information content (AvgIpc) is 2.86. The quantitative estimate of drug-likeness (QED) is 0.452. The predicted octanol–water partition coefficient (Wildman–Crippen LogP) is 1.90. The highest BCUT2D eigenvalue weighted by atomic mass is 127. The zero-order valence-electron chi connectivity index (χ0n) is 8.73. The van der Waals surface area contributed by atoms with E-state index in [-0.39, 0.29) is 18.4 Å². The zero-order valence-corrected chi connectivity index (χ0v) is 11.8. The van der Waals surface area contributed by atoms with Crippen molar-refractivity contribution in [1.82, 2.24) is 5.09 Å². The van der Waals surface area contributed by atoms with Crippen LogP contribution < -0.4 is 5.09 Å². The van der Waals surface area contributed by atoms with Gasteiger partial charge in [0.15, 0.2) is 0 Å². The first-order valence-electron chi connectivity index (χ1n) is 4.70. The molecule has 0 amide bonds. The number of rotatable bonds is 6. The second kappa shape index (κ2) is 5.61. The minimum absolute atomic E-state index is 0.0813. The van der Waals surface area contributed by atoms with Crippen molar-refractivity contribution >= 4 is 32.9 Å². The van der Waals surface area contributed by atoms with E-state index < -0.39 is 11.0 Å². The van der Waals surface area contributed by atoms with Crippen molar-refractivity contribution in [2.45, 2.75) is 31.9 Å². The first-order chi connectivity index (χ1) is 6.94. The Hall–Kier alpha value is 0.350. The van der Waals surface area contributed by atoms with Crippen LogP contribution in [0.2, 0.25) is 0 Å². The highest BCUT2D eigenvalue weighted by Gasteiger charge is 2.30. The molecule has 0 aromatic carbocycles. The molecular formula is C8H15INO4P. The normalized spacial score (nSPS) is 21.8. The molecule has 0 bridgehead atoms. The van der Waals surface area contributed by atoms with Crippen LogP contribution in [-0.4, -0.2) is 31.6 Å². The predicted molar refractivity (Wildman–Crippen MR) is 65.2 cm³/mol. The van der Waals surface area contributed by atoms with Crippen LogP contribution in [-0.2, 0) is 18.8 Å². The largest absolute Gasteiger partial charge is 0.461 e. The molecule has 0 aromatic rings. The van der Waals surface area contributed by atoms with E-state index in [0.717, 1.165) is 12.8 Å². The Morgan fingerprint density at radius 3 is 2.73 bits per heavy atom. The Balaban J connectivity index is 2.35. The summed E-state index contributed by atoms with van der Waals surface area (Å²) in [5.74, 6) is -0.342. The maximum atomic E-state index is 11.8. The molecule has 1 saturated carbocycles. The van der Waals surface area contributed by atoms with Crippen LogP contribution in [0, 0.1) is 0 Å². The standard InChI is InChI=1S/C8H15INO4P/c1-6(8(11)14-7-3-4-7)10-15(9,12)5-13-2/h6-7H,3-5H2,1-2H3,(H,10,12). The van der Waals surface area contributed by atoms with Gasteiger partial charge in [-0.1, -0.05) is 0 Å². The van der Waals surface area contributed by atoms with Crippen molar-refractivity contribution in [2.24, 2.45) is 0 Å². The molecule has 0 heterocycles. The lowest BCUT2D eigenvalue weighted by molar-refractivity contribution is -0.146. The SMILES string of the molecule is COCP(=O)(I)NC(C)C(=O)OC1CC1. The summed E-state index contributed by atoms with van der Waals surface area (Å²) in [7, 11) is 1.47. The Labute approximate surface area is 102 Å². The first-order valence-corrected chi connectivity index (χ1v) is 9.38. The summed E-state index contributed by atoms with van der Waals surface area (Å²) in [5.41, 5.74) is 0. The topological polar surface area (TPSA) is 64.6 Å². The molecule has 88 valence electrons. The number of esters is 1. The number of hydrogen-bond donors (Lipinski definition) is 1. The lowest BCUT2D eigenvalue weighted by atomic mass is 10.4. The van der Waals surface area contributed by atoms with Gasteiger partial charge in [0.2, 0.25) is 4.94 Å². The van der Waals surface area contributed by atoms with Crippen molar-refractivity contribution in [2.75, 3.05) is 13.5 Å². The molecule has 15 heavy (non-hydrogen) atoms. The number of methoxy groups -OCH3 is 1. The maximum Gasteiger partial charge on any atom is 0.323 e. The van der Waals surface area contributed by atoms with Gasteiger partial charge in [-0.05, 0) is 19.8 Å². The van der Waals surface area contributed by atoms with Crippen LogP contribution in [0.15, 0.2) is 0 Å². The van der Waals surface area contributed by atoms with E-state index in [1.807, 2.05) is 0 Å². The summed E-state index contributed by atoms with van der Waals surface area (Å²) in [5, 5.41) is 2.73. The summed E-state index contributed by atoms with van der Waals surface area (Å²) in [4.78, 5) is 8.80. The van der Waals surface area contributed by atoms with E-state index in [1.165, 1.54) is 7.11 Å². The molecular weight excluding hydrogens is 332 g/mol. The van der Waals surface area contributed by atoms with Crippen LogP contribution >= 0.6 is 27.0 Å². The van der Waals surface area contributed by atoms with Crippen LogP contribution in [0.25, 0.3) is 0 Å². The molecule has 0 saturated heterocycles. The Morgan fingerprint density at radius 1 is 1.67 bits per heavy atom. The fourth-order valence-corrected chi connectivity index (χ4v) is 4.18. The highest BCUT2D eigenvalue weighted by molar-refractivity contribution is 14.2. The van der Waals surface area contributed by atoms with Gasteiger partial charge < -0.3 is 9.47 Å². The van der Waals surface area contributed by atoms with E-state index in [9.17, 15) is 9.36 Å². The number of ether oxygens (including phenoxy) is 2. The zero-order chi connectivity index (χ0) is 11.5. The van der Waals surface area contributed by atoms with Gasteiger partial charge in [0.1, 0.15) is 18.5 Å². The maximum absolute atomic E-state index is 11.8. The molecule has 1 N–H and O–H groups in total. The summed E-state index contributed by atoms with van der Waals surface area (Å²) < 4.78 is 21.6.